The van der Waals surface area contributed by atoms with Crippen LogP contribution in [0.4, 0.5) is 0 Å². The third kappa shape index (κ3) is 3.51. The van der Waals surface area contributed by atoms with Gasteiger partial charge in [-0.1, -0.05) is 48.5 Å². The summed E-state index contributed by atoms with van der Waals surface area (Å²) in [5.41, 5.74) is 5.91. The zero-order chi connectivity index (χ0) is 17.5. The van der Waals surface area contributed by atoms with Crippen LogP contribution in [0.15, 0.2) is 48.5 Å². The lowest BCUT2D eigenvalue weighted by Crippen LogP contribution is -2.42. The summed E-state index contributed by atoms with van der Waals surface area (Å²) in [5.74, 6) is 2.31. The van der Waals surface area contributed by atoms with Crippen LogP contribution in [0.1, 0.15) is 53.4 Å². The number of rotatable bonds is 6. The number of nitrogens with one attached hydrogen (secondary N) is 2. The summed E-state index contributed by atoms with van der Waals surface area (Å²) in [4.78, 5) is 12.2. The van der Waals surface area contributed by atoms with Gasteiger partial charge in [-0.3, -0.25) is 4.79 Å². The van der Waals surface area contributed by atoms with E-state index in [0.717, 1.165) is 25.4 Å². The highest BCUT2D eigenvalue weighted by molar-refractivity contribution is 5.85. The Labute approximate surface area is 167 Å². The average molecular weight is 383 g/mol. The van der Waals surface area contributed by atoms with Crippen LogP contribution in [0.3, 0.4) is 0 Å². The van der Waals surface area contributed by atoms with E-state index in [1.54, 1.807) is 0 Å². The quantitative estimate of drug-likeness (QED) is 0.797. The van der Waals surface area contributed by atoms with Crippen molar-refractivity contribution in [3.63, 3.8) is 0 Å². The first-order valence-electron chi connectivity index (χ1n) is 9.96. The van der Waals surface area contributed by atoms with Gasteiger partial charge in [-0.25, -0.2) is 0 Å². The molecule has 4 aliphatic rings. The molecular formula is C23H27ClN2O. The number of amides is 1. The minimum atomic E-state index is 0. The predicted molar refractivity (Wildman–Crippen MR) is 111 cm³/mol. The van der Waals surface area contributed by atoms with Gasteiger partial charge < -0.3 is 10.6 Å². The third-order valence-corrected chi connectivity index (χ3v) is 6.40. The van der Waals surface area contributed by atoms with Crippen molar-refractivity contribution in [2.75, 3.05) is 19.6 Å². The highest BCUT2D eigenvalue weighted by Crippen LogP contribution is 2.55. The standard InChI is InChI=1S/C23H26N2O.ClH/c26-22(14-24-12-15-9-10-15)25-13-16-11-21-17-5-1-3-7-19(17)23(16)20-8-4-2-6-18(20)21;/h1-8,15-16,21,23-24H,9-14H2,(H,25,26);1H. The minimum Gasteiger partial charge on any atom is -0.355 e. The highest BCUT2D eigenvalue weighted by Gasteiger charge is 2.42. The Kier molecular flexibility index (Phi) is 5.25. The number of carbonyl (C=O) groups is 1. The molecule has 2 bridgehead atoms. The van der Waals surface area contributed by atoms with Gasteiger partial charge in [-0.05, 0) is 59.9 Å². The zero-order valence-corrected chi connectivity index (χ0v) is 16.3. The molecule has 0 aromatic heterocycles. The minimum absolute atomic E-state index is 0. The van der Waals surface area contributed by atoms with Gasteiger partial charge in [0.15, 0.2) is 0 Å². The molecule has 6 rings (SSSR count). The molecule has 1 fully saturated rings. The number of halogens is 1. The molecule has 4 heteroatoms. The van der Waals surface area contributed by atoms with E-state index < -0.39 is 0 Å². The Morgan fingerprint density at radius 3 is 2.07 bits per heavy atom. The summed E-state index contributed by atoms with van der Waals surface area (Å²) in [6.07, 6.45) is 3.77. The van der Waals surface area contributed by atoms with Crippen LogP contribution >= 0.6 is 12.4 Å². The summed E-state index contributed by atoms with van der Waals surface area (Å²) in [7, 11) is 0. The second-order valence-electron chi connectivity index (χ2n) is 8.16. The second kappa shape index (κ2) is 7.65. The number of hydrogen-bond acceptors (Lipinski definition) is 2. The molecule has 0 heterocycles. The molecule has 0 radical (unpaired) electrons. The lowest BCUT2D eigenvalue weighted by molar-refractivity contribution is -0.120. The Morgan fingerprint density at radius 2 is 1.48 bits per heavy atom. The van der Waals surface area contributed by atoms with E-state index in [4.69, 9.17) is 0 Å². The SMILES string of the molecule is Cl.O=C(CNCC1CC1)NCC1CC2c3ccccc3C1c1ccccc12. The van der Waals surface area contributed by atoms with Crippen molar-refractivity contribution in [2.45, 2.75) is 31.1 Å². The maximum Gasteiger partial charge on any atom is 0.233 e. The van der Waals surface area contributed by atoms with Gasteiger partial charge in [-0.15, -0.1) is 12.4 Å². The van der Waals surface area contributed by atoms with E-state index in [0.29, 0.717) is 24.3 Å². The van der Waals surface area contributed by atoms with E-state index >= 15 is 0 Å². The van der Waals surface area contributed by atoms with Gasteiger partial charge in [0.05, 0.1) is 6.54 Å². The van der Waals surface area contributed by atoms with Crippen LogP contribution in [-0.4, -0.2) is 25.5 Å². The van der Waals surface area contributed by atoms with E-state index in [1.807, 2.05) is 0 Å². The van der Waals surface area contributed by atoms with Crippen molar-refractivity contribution < 1.29 is 4.79 Å². The van der Waals surface area contributed by atoms with E-state index in [-0.39, 0.29) is 18.3 Å². The maximum absolute atomic E-state index is 12.2. The van der Waals surface area contributed by atoms with Crippen molar-refractivity contribution >= 4 is 18.3 Å². The van der Waals surface area contributed by atoms with Crippen LogP contribution in [0.5, 0.6) is 0 Å². The fourth-order valence-corrected chi connectivity index (χ4v) is 4.98. The summed E-state index contributed by atoms with van der Waals surface area (Å²) in [6.45, 7) is 2.21. The topological polar surface area (TPSA) is 41.1 Å². The van der Waals surface area contributed by atoms with Crippen LogP contribution in [0.25, 0.3) is 0 Å². The first kappa shape index (κ1) is 18.5. The van der Waals surface area contributed by atoms with Crippen molar-refractivity contribution in [3.05, 3.63) is 70.8 Å². The molecule has 0 saturated heterocycles. The molecule has 27 heavy (non-hydrogen) atoms. The summed E-state index contributed by atoms with van der Waals surface area (Å²) in [6, 6.07) is 17.8. The molecule has 0 spiro atoms. The predicted octanol–water partition coefficient (Wildman–Crippen LogP) is 3.82. The van der Waals surface area contributed by atoms with Gasteiger partial charge in [0.2, 0.25) is 5.91 Å². The Morgan fingerprint density at radius 1 is 0.889 bits per heavy atom. The van der Waals surface area contributed by atoms with E-state index in [9.17, 15) is 4.79 Å². The molecule has 2 N–H and O–H groups in total. The van der Waals surface area contributed by atoms with Gasteiger partial charge >= 0.3 is 0 Å². The van der Waals surface area contributed by atoms with E-state index in [2.05, 4.69) is 59.2 Å². The van der Waals surface area contributed by atoms with Crippen LogP contribution in [-0.2, 0) is 4.79 Å². The first-order valence-corrected chi connectivity index (χ1v) is 9.96. The normalized spacial score (nSPS) is 24.5. The van der Waals surface area contributed by atoms with Crippen molar-refractivity contribution in [1.82, 2.24) is 10.6 Å². The van der Waals surface area contributed by atoms with Crippen LogP contribution < -0.4 is 10.6 Å². The first-order chi connectivity index (χ1) is 12.8. The highest BCUT2D eigenvalue weighted by atomic mass is 35.5. The van der Waals surface area contributed by atoms with Crippen molar-refractivity contribution in [3.8, 4) is 0 Å². The molecule has 1 saturated carbocycles. The number of fused-ring (bicyclic) bond motifs is 1. The largest absolute Gasteiger partial charge is 0.355 e. The molecule has 2 aromatic rings. The summed E-state index contributed by atoms with van der Waals surface area (Å²) < 4.78 is 0. The van der Waals surface area contributed by atoms with Gasteiger partial charge in [0.1, 0.15) is 0 Å². The lowest BCUT2D eigenvalue weighted by atomic mass is 9.59. The third-order valence-electron chi connectivity index (χ3n) is 6.40. The smallest absolute Gasteiger partial charge is 0.233 e. The molecule has 4 aliphatic carbocycles. The molecule has 142 valence electrons. The Hall–Kier alpha value is -1.84. The van der Waals surface area contributed by atoms with E-state index in [1.165, 1.54) is 35.1 Å². The van der Waals surface area contributed by atoms with Gasteiger partial charge in [-0.2, -0.15) is 0 Å². The molecule has 3 nitrogen and oxygen atoms in total. The molecule has 1 atom stereocenters. The van der Waals surface area contributed by atoms with Crippen molar-refractivity contribution in [1.29, 1.82) is 0 Å². The summed E-state index contributed by atoms with van der Waals surface area (Å²) >= 11 is 0. The van der Waals surface area contributed by atoms with Crippen molar-refractivity contribution in [2.24, 2.45) is 11.8 Å². The molecule has 0 aliphatic heterocycles. The summed E-state index contributed by atoms with van der Waals surface area (Å²) in [5, 5.41) is 6.48. The fourth-order valence-electron chi connectivity index (χ4n) is 4.98. The second-order valence-corrected chi connectivity index (χ2v) is 8.16. The molecular weight excluding hydrogens is 356 g/mol. The monoisotopic (exact) mass is 382 g/mol. The van der Waals surface area contributed by atoms with Crippen LogP contribution in [0.2, 0.25) is 0 Å². The fraction of sp³-hybridized carbons (Fsp3) is 0.435. The molecule has 1 unspecified atom stereocenters. The zero-order valence-electron chi connectivity index (χ0n) is 15.5. The molecule has 2 aromatic carbocycles. The number of hydrogen-bond donors (Lipinski definition) is 2. The lowest BCUT2D eigenvalue weighted by Gasteiger charge is -2.45. The average Bonchev–Trinajstić information content (AvgIpc) is 3.51. The van der Waals surface area contributed by atoms with Crippen LogP contribution in [0, 0.1) is 11.8 Å². The Bertz CT molecular complexity index is 785. The van der Waals surface area contributed by atoms with Gasteiger partial charge in [0.25, 0.3) is 0 Å². The van der Waals surface area contributed by atoms with Gasteiger partial charge in [0, 0.05) is 18.4 Å². The molecule has 1 amide bonds. The number of benzene rings is 2. The maximum atomic E-state index is 12.2. The Balaban J connectivity index is 0.00000180. The number of carbonyl (C=O) groups excluding carboxylic acids is 1.